The summed E-state index contributed by atoms with van der Waals surface area (Å²) in [6.07, 6.45) is 0. The smallest absolute Gasteiger partial charge is 0.238 e. The largest absolute Gasteiger partial charge is 0.312 e. The highest BCUT2D eigenvalue weighted by Crippen LogP contribution is 2.14. The molecule has 1 rings (SSSR count). The summed E-state index contributed by atoms with van der Waals surface area (Å²) in [5.74, 6) is -0.840. The lowest BCUT2D eigenvalue weighted by atomic mass is 9.93. The third-order valence-electron chi connectivity index (χ3n) is 1.78. The van der Waals surface area contributed by atoms with Crippen molar-refractivity contribution in [1.82, 2.24) is 10.6 Å². The van der Waals surface area contributed by atoms with Gasteiger partial charge in [-0.05, 0) is 5.92 Å². The third kappa shape index (κ3) is 1.47. The van der Waals surface area contributed by atoms with E-state index in [4.69, 9.17) is 0 Å². The first-order valence-electron chi connectivity index (χ1n) is 3.83. The number of hydrogen-bond donors (Lipinski definition) is 2. The van der Waals surface area contributed by atoms with Crippen molar-refractivity contribution in [3.8, 4) is 0 Å². The Labute approximate surface area is 71.0 Å². The Kier molecular flexibility index (Phi) is 2.17. The van der Waals surface area contributed by atoms with Gasteiger partial charge in [0.2, 0.25) is 11.8 Å². The fourth-order valence-electron chi connectivity index (χ4n) is 1.21. The SMILES string of the molecule is C=C1NC(=O)C(C(C)C)C(=O)N1. The molecule has 66 valence electrons. The van der Waals surface area contributed by atoms with E-state index in [1.165, 1.54) is 0 Å². The van der Waals surface area contributed by atoms with Crippen LogP contribution >= 0.6 is 0 Å². The molecule has 2 amide bonds. The van der Waals surface area contributed by atoms with Crippen LogP contribution < -0.4 is 10.6 Å². The summed E-state index contributed by atoms with van der Waals surface area (Å²) in [4.78, 5) is 22.4. The first-order chi connectivity index (χ1) is 5.52. The van der Waals surface area contributed by atoms with E-state index in [2.05, 4.69) is 17.2 Å². The number of carbonyl (C=O) groups is 2. The number of carbonyl (C=O) groups excluding carboxylic acids is 2. The zero-order valence-electron chi connectivity index (χ0n) is 7.18. The number of rotatable bonds is 1. The van der Waals surface area contributed by atoms with Crippen LogP contribution in [0.4, 0.5) is 0 Å². The molecule has 0 aliphatic carbocycles. The van der Waals surface area contributed by atoms with Gasteiger partial charge in [-0.25, -0.2) is 0 Å². The molecule has 4 heteroatoms. The Bertz CT molecular complexity index is 225. The minimum absolute atomic E-state index is 0.0121. The van der Waals surface area contributed by atoms with Crippen molar-refractivity contribution >= 4 is 11.8 Å². The molecule has 1 fully saturated rings. The van der Waals surface area contributed by atoms with Gasteiger partial charge in [0.1, 0.15) is 11.7 Å². The van der Waals surface area contributed by atoms with Gasteiger partial charge in [0.05, 0.1) is 0 Å². The molecule has 1 aliphatic heterocycles. The Morgan fingerprint density at radius 3 is 2.00 bits per heavy atom. The second-order valence-electron chi connectivity index (χ2n) is 3.18. The average molecular weight is 168 g/mol. The Morgan fingerprint density at radius 2 is 1.67 bits per heavy atom. The lowest BCUT2D eigenvalue weighted by Crippen LogP contribution is -2.51. The predicted molar refractivity (Wildman–Crippen MR) is 43.8 cm³/mol. The standard InChI is InChI=1S/C8H12N2O2/c1-4(2)6-7(11)9-5(3)10-8(6)12/h4,6H,3H2,1-2H3,(H,9,11)(H,10,12). The van der Waals surface area contributed by atoms with Crippen molar-refractivity contribution in [2.45, 2.75) is 13.8 Å². The molecule has 1 saturated heterocycles. The molecule has 2 N–H and O–H groups in total. The molecule has 0 saturated carbocycles. The van der Waals surface area contributed by atoms with Crippen molar-refractivity contribution in [3.63, 3.8) is 0 Å². The zero-order valence-corrected chi connectivity index (χ0v) is 7.18. The molecule has 0 atom stereocenters. The van der Waals surface area contributed by atoms with E-state index in [0.29, 0.717) is 0 Å². The molecule has 0 aromatic rings. The molecular weight excluding hydrogens is 156 g/mol. The molecule has 0 spiro atoms. The summed E-state index contributed by atoms with van der Waals surface area (Å²) in [6, 6.07) is 0. The predicted octanol–water partition coefficient (Wildman–Crippen LogP) is -0.0242. The second-order valence-corrected chi connectivity index (χ2v) is 3.18. The zero-order chi connectivity index (χ0) is 9.30. The van der Waals surface area contributed by atoms with Gasteiger partial charge < -0.3 is 10.6 Å². The molecular formula is C8H12N2O2. The topological polar surface area (TPSA) is 58.2 Å². The summed E-state index contributed by atoms with van der Waals surface area (Å²) in [7, 11) is 0. The molecule has 4 nitrogen and oxygen atoms in total. The first-order valence-corrected chi connectivity index (χ1v) is 3.83. The van der Waals surface area contributed by atoms with Crippen LogP contribution in [-0.4, -0.2) is 11.8 Å². The van der Waals surface area contributed by atoms with E-state index < -0.39 is 5.92 Å². The Balaban J connectivity index is 2.81. The lowest BCUT2D eigenvalue weighted by molar-refractivity contribution is -0.138. The van der Waals surface area contributed by atoms with E-state index in [1.54, 1.807) is 0 Å². The lowest BCUT2D eigenvalue weighted by Gasteiger charge is -2.25. The van der Waals surface area contributed by atoms with Crippen LogP contribution in [0.1, 0.15) is 13.8 Å². The van der Waals surface area contributed by atoms with Crippen LogP contribution in [0.5, 0.6) is 0 Å². The van der Waals surface area contributed by atoms with Gasteiger partial charge in [-0.15, -0.1) is 0 Å². The van der Waals surface area contributed by atoms with Gasteiger partial charge in [-0.1, -0.05) is 20.4 Å². The summed E-state index contributed by atoms with van der Waals surface area (Å²) >= 11 is 0. The monoisotopic (exact) mass is 168 g/mol. The molecule has 0 aromatic carbocycles. The summed E-state index contributed by atoms with van der Waals surface area (Å²) in [5.41, 5.74) is 0. The van der Waals surface area contributed by atoms with E-state index in [9.17, 15) is 9.59 Å². The molecule has 1 aliphatic rings. The van der Waals surface area contributed by atoms with E-state index in [0.717, 1.165) is 0 Å². The number of amides is 2. The maximum absolute atomic E-state index is 11.2. The van der Waals surface area contributed by atoms with Crippen molar-refractivity contribution in [1.29, 1.82) is 0 Å². The Morgan fingerprint density at radius 1 is 1.25 bits per heavy atom. The molecule has 0 aromatic heterocycles. The van der Waals surface area contributed by atoms with Crippen LogP contribution in [-0.2, 0) is 9.59 Å². The quantitative estimate of drug-likeness (QED) is 0.540. The second kappa shape index (κ2) is 2.97. The number of hydrogen-bond acceptors (Lipinski definition) is 2. The third-order valence-corrected chi connectivity index (χ3v) is 1.78. The molecule has 0 bridgehead atoms. The van der Waals surface area contributed by atoms with Crippen molar-refractivity contribution < 1.29 is 9.59 Å². The first kappa shape index (κ1) is 8.77. The minimum atomic E-state index is -0.588. The Hall–Kier alpha value is -1.32. The van der Waals surface area contributed by atoms with Gasteiger partial charge in [0.15, 0.2) is 0 Å². The van der Waals surface area contributed by atoms with Gasteiger partial charge in [0.25, 0.3) is 0 Å². The number of nitrogens with one attached hydrogen (secondary N) is 2. The van der Waals surface area contributed by atoms with Crippen LogP contribution in [0, 0.1) is 11.8 Å². The average Bonchev–Trinajstić information content (AvgIpc) is 1.82. The van der Waals surface area contributed by atoms with Crippen LogP contribution in [0.2, 0.25) is 0 Å². The molecule has 0 unspecified atom stereocenters. The normalized spacial score (nSPS) is 19.4. The summed E-state index contributed by atoms with van der Waals surface area (Å²) in [5, 5.41) is 4.95. The van der Waals surface area contributed by atoms with Gasteiger partial charge >= 0.3 is 0 Å². The van der Waals surface area contributed by atoms with E-state index in [-0.39, 0.29) is 23.6 Å². The fraction of sp³-hybridized carbons (Fsp3) is 0.500. The van der Waals surface area contributed by atoms with Crippen molar-refractivity contribution in [2.75, 3.05) is 0 Å². The van der Waals surface area contributed by atoms with Gasteiger partial charge in [-0.3, -0.25) is 9.59 Å². The molecule has 12 heavy (non-hydrogen) atoms. The minimum Gasteiger partial charge on any atom is -0.312 e. The highest BCUT2D eigenvalue weighted by atomic mass is 16.2. The van der Waals surface area contributed by atoms with Crippen LogP contribution in [0.25, 0.3) is 0 Å². The van der Waals surface area contributed by atoms with Gasteiger partial charge in [-0.2, -0.15) is 0 Å². The highest BCUT2D eigenvalue weighted by molar-refractivity contribution is 6.04. The van der Waals surface area contributed by atoms with Crippen LogP contribution in [0.15, 0.2) is 12.4 Å². The summed E-state index contributed by atoms with van der Waals surface area (Å²) in [6.45, 7) is 7.11. The maximum atomic E-state index is 11.2. The molecule has 0 radical (unpaired) electrons. The van der Waals surface area contributed by atoms with Gasteiger partial charge in [0, 0.05) is 0 Å². The fourth-order valence-corrected chi connectivity index (χ4v) is 1.21. The highest BCUT2D eigenvalue weighted by Gasteiger charge is 2.33. The van der Waals surface area contributed by atoms with Crippen molar-refractivity contribution in [2.24, 2.45) is 11.8 Å². The van der Waals surface area contributed by atoms with E-state index >= 15 is 0 Å². The molecule has 1 heterocycles. The van der Waals surface area contributed by atoms with E-state index in [1.807, 2.05) is 13.8 Å². The maximum Gasteiger partial charge on any atom is 0.238 e. The van der Waals surface area contributed by atoms with Crippen LogP contribution in [0.3, 0.4) is 0 Å². The van der Waals surface area contributed by atoms with Crippen molar-refractivity contribution in [3.05, 3.63) is 12.4 Å². The summed E-state index contributed by atoms with van der Waals surface area (Å²) < 4.78 is 0.